The van der Waals surface area contributed by atoms with Gasteiger partial charge in [0.2, 0.25) is 0 Å². The maximum atomic E-state index is 16.9. The average molecular weight is 630 g/mol. The summed E-state index contributed by atoms with van der Waals surface area (Å²) in [4.78, 5) is 18.9. The van der Waals surface area contributed by atoms with Crippen molar-refractivity contribution in [1.29, 1.82) is 0 Å². The fraction of sp³-hybridized carbons (Fsp3) is 0.528. The van der Waals surface area contributed by atoms with Crippen LogP contribution in [0.5, 0.6) is 11.8 Å². The lowest BCUT2D eigenvalue weighted by molar-refractivity contribution is -0.151. The van der Waals surface area contributed by atoms with E-state index in [9.17, 15) is 9.50 Å². The van der Waals surface area contributed by atoms with Crippen molar-refractivity contribution in [3.05, 3.63) is 47.7 Å². The number of aromatic hydroxyl groups is 1. The van der Waals surface area contributed by atoms with Gasteiger partial charge in [-0.25, -0.2) is 8.78 Å². The molecule has 4 fully saturated rings. The second-order valence-corrected chi connectivity index (χ2v) is 14.2. The summed E-state index contributed by atoms with van der Waals surface area (Å²) in [5.41, 5.74) is 0.744. The molecule has 242 valence electrons. The van der Waals surface area contributed by atoms with Gasteiger partial charge in [-0.15, -0.1) is 0 Å². The zero-order valence-corrected chi connectivity index (χ0v) is 26.6. The van der Waals surface area contributed by atoms with Gasteiger partial charge in [-0.2, -0.15) is 9.97 Å². The van der Waals surface area contributed by atoms with E-state index in [0.717, 1.165) is 70.8 Å². The number of ether oxygens (including phenoxy) is 2. The minimum absolute atomic E-state index is 0.00329. The number of anilines is 1. The molecule has 1 N–H and O–H groups in total. The molecule has 2 atom stereocenters. The Bertz CT molecular complexity index is 1830. The predicted octanol–water partition coefficient (Wildman–Crippen LogP) is 6.65. The molecule has 10 heteroatoms. The Morgan fingerprint density at radius 3 is 2.67 bits per heavy atom. The number of hydrogen-bond acceptors (Lipinski definition) is 8. The molecule has 1 spiro atoms. The summed E-state index contributed by atoms with van der Waals surface area (Å²) in [5.74, 6) is 0.230. The first-order valence-electron chi connectivity index (χ1n) is 16.8. The Morgan fingerprint density at radius 2 is 1.96 bits per heavy atom. The number of hydrogen-bond donors (Lipinski definition) is 1. The number of fused-ring (bicyclic) bond motifs is 2. The highest BCUT2D eigenvalue weighted by atomic mass is 19.1. The molecule has 1 aliphatic carbocycles. The predicted molar refractivity (Wildman–Crippen MR) is 173 cm³/mol. The van der Waals surface area contributed by atoms with E-state index in [2.05, 4.69) is 26.7 Å². The van der Waals surface area contributed by atoms with Crippen LogP contribution in [0.25, 0.3) is 32.9 Å². The lowest BCUT2D eigenvalue weighted by Gasteiger charge is -2.48. The number of aromatic nitrogens is 3. The number of aryl methyl sites for hydroxylation is 1. The topological polar surface area (TPSA) is 83.8 Å². The van der Waals surface area contributed by atoms with Crippen LogP contribution < -0.4 is 9.64 Å². The van der Waals surface area contributed by atoms with Crippen molar-refractivity contribution in [1.82, 2.24) is 19.9 Å². The van der Waals surface area contributed by atoms with E-state index in [0.29, 0.717) is 52.7 Å². The van der Waals surface area contributed by atoms with E-state index >= 15 is 4.39 Å². The molecular formula is C36H41F2N5O3. The van der Waals surface area contributed by atoms with E-state index in [1.54, 1.807) is 18.3 Å². The fourth-order valence-corrected chi connectivity index (χ4v) is 7.93. The molecule has 1 unspecified atom stereocenters. The number of rotatable bonds is 8. The van der Waals surface area contributed by atoms with Gasteiger partial charge in [0.1, 0.15) is 28.6 Å². The standard InChI is InChI=1S/C36H41F2N5O3/c1-3-25-28(37)6-5-23-15-24(44)16-26(29(23)25)31-30(38)32-27(17-39-31)33(43-12-4-8-36(20-43)11-14-46-36)41-34(40-32)45-21-35(9-10-35)19-42-13-7-22(2)18-42/h5-6,15-17,22,44H,3-4,7-14,18-21H2,1-2H3/t22?,36-/m0/s1. The summed E-state index contributed by atoms with van der Waals surface area (Å²) >= 11 is 0. The Balaban J connectivity index is 1.22. The molecule has 2 aromatic heterocycles. The van der Waals surface area contributed by atoms with Crippen molar-refractivity contribution in [2.75, 3.05) is 50.8 Å². The third-order valence-corrected chi connectivity index (χ3v) is 10.7. The number of phenolic OH excluding ortho intramolecular Hbond substituents is 1. The monoisotopic (exact) mass is 629 g/mol. The zero-order valence-electron chi connectivity index (χ0n) is 26.6. The number of pyridine rings is 1. The summed E-state index contributed by atoms with van der Waals surface area (Å²) in [6.07, 6.45) is 8.34. The molecule has 3 saturated heterocycles. The second kappa shape index (κ2) is 11.3. The van der Waals surface area contributed by atoms with Gasteiger partial charge >= 0.3 is 6.01 Å². The van der Waals surface area contributed by atoms with Gasteiger partial charge in [0.15, 0.2) is 5.82 Å². The molecule has 8 nitrogen and oxygen atoms in total. The third kappa shape index (κ3) is 5.23. The number of piperidine rings is 1. The van der Waals surface area contributed by atoms with Gasteiger partial charge in [-0.05, 0) is 85.5 Å². The first-order chi connectivity index (χ1) is 22.3. The van der Waals surface area contributed by atoms with E-state index < -0.39 is 5.82 Å². The Morgan fingerprint density at radius 1 is 1.11 bits per heavy atom. The van der Waals surface area contributed by atoms with Crippen LogP contribution in [0.1, 0.15) is 57.9 Å². The molecule has 8 rings (SSSR count). The summed E-state index contributed by atoms with van der Waals surface area (Å²) in [6.45, 7) is 10.0. The largest absolute Gasteiger partial charge is 0.508 e. The Hall–Kier alpha value is -3.63. The van der Waals surface area contributed by atoms with E-state index in [1.807, 2.05) is 6.92 Å². The number of benzene rings is 2. The molecular weight excluding hydrogens is 588 g/mol. The summed E-state index contributed by atoms with van der Waals surface area (Å²) in [6, 6.07) is 6.15. The Labute approximate surface area is 267 Å². The van der Waals surface area contributed by atoms with Crippen LogP contribution in [-0.4, -0.2) is 76.5 Å². The molecule has 3 aliphatic heterocycles. The molecule has 2 aromatic carbocycles. The van der Waals surface area contributed by atoms with E-state index in [-0.39, 0.29) is 39.8 Å². The summed E-state index contributed by atoms with van der Waals surface area (Å²) < 4.78 is 44.3. The minimum Gasteiger partial charge on any atom is -0.508 e. The van der Waals surface area contributed by atoms with Crippen LogP contribution in [0.15, 0.2) is 30.5 Å². The Kier molecular flexibility index (Phi) is 7.28. The van der Waals surface area contributed by atoms with Crippen molar-refractivity contribution in [3.63, 3.8) is 0 Å². The molecule has 4 aromatic rings. The molecule has 46 heavy (non-hydrogen) atoms. The fourth-order valence-electron chi connectivity index (χ4n) is 7.93. The van der Waals surface area contributed by atoms with Crippen molar-refractivity contribution < 1.29 is 23.4 Å². The number of likely N-dealkylation sites (tertiary alicyclic amines) is 1. The van der Waals surface area contributed by atoms with Gasteiger partial charge in [-0.3, -0.25) is 4.98 Å². The molecule has 0 amide bonds. The lowest BCUT2D eigenvalue weighted by atomic mass is 9.86. The van der Waals surface area contributed by atoms with Crippen molar-refractivity contribution in [2.24, 2.45) is 11.3 Å². The van der Waals surface area contributed by atoms with Crippen LogP contribution in [0.4, 0.5) is 14.6 Å². The molecule has 0 radical (unpaired) electrons. The third-order valence-electron chi connectivity index (χ3n) is 10.7. The smallest absolute Gasteiger partial charge is 0.319 e. The van der Waals surface area contributed by atoms with Crippen molar-refractivity contribution in [2.45, 2.75) is 64.4 Å². The highest BCUT2D eigenvalue weighted by Gasteiger charge is 2.46. The zero-order chi connectivity index (χ0) is 31.6. The van der Waals surface area contributed by atoms with Crippen molar-refractivity contribution in [3.8, 4) is 23.0 Å². The van der Waals surface area contributed by atoms with Crippen LogP contribution in [-0.2, 0) is 11.2 Å². The summed E-state index contributed by atoms with van der Waals surface area (Å²) in [7, 11) is 0. The van der Waals surface area contributed by atoms with Gasteiger partial charge in [-0.1, -0.05) is 19.9 Å². The highest BCUT2D eigenvalue weighted by molar-refractivity contribution is 6.01. The molecule has 4 aliphatic rings. The van der Waals surface area contributed by atoms with Gasteiger partial charge in [0, 0.05) is 49.8 Å². The molecule has 1 saturated carbocycles. The van der Waals surface area contributed by atoms with Crippen LogP contribution >= 0.6 is 0 Å². The first kappa shape index (κ1) is 29.8. The quantitative estimate of drug-likeness (QED) is 0.232. The maximum Gasteiger partial charge on any atom is 0.319 e. The summed E-state index contributed by atoms with van der Waals surface area (Å²) in [5, 5.41) is 12.2. The minimum atomic E-state index is -0.650. The normalized spacial score (nSPS) is 24.2. The van der Waals surface area contributed by atoms with E-state index in [4.69, 9.17) is 14.5 Å². The number of phenols is 1. The number of nitrogens with zero attached hydrogens (tertiary/aromatic N) is 5. The van der Waals surface area contributed by atoms with E-state index in [1.165, 1.54) is 18.6 Å². The average Bonchev–Trinajstić information content (AvgIpc) is 3.69. The molecule has 0 bridgehead atoms. The number of halogens is 2. The molecule has 5 heterocycles. The van der Waals surface area contributed by atoms with Gasteiger partial charge < -0.3 is 24.4 Å². The maximum absolute atomic E-state index is 16.9. The highest BCUT2D eigenvalue weighted by Crippen LogP contribution is 2.47. The van der Waals surface area contributed by atoms with Crippen LogP contribution in [0.3, 0.4) is 0 Å². The first-order valence-corrected chi connectivity index (χ1v) is 16.8. The van der Waals surface area contributed by atoms with Gasteiger partial charge in [0.25, 0.3) is 0 Å². The lowest BCUT2D eigenvalue weighted by Crippen LogP contribution is -2.56. The van der Waals surface area contributed by atoms with Crippen molar-refractivity contribution >= 4 is 27.5 Å². The second-order valence-electron chi connectivity index (χ2n) is 14.2. The van der Waals surface area contributed by atoms with Crippen LogP contribution in [0, 0.1) is 23.0 Å². The van der Waals surface area contributed by atoms with Crippen LogP contribution in [0.2, 0.25) is 0 Å². The van der Waals surface area contributed by atoms with Gasteiger partial charge in [0.05, 0.1) is 24.2 Å². The SMILES string of the molecule is CCc1c(F)ccc2cc(O)cc(-c3ncc4c(N5CCC[C@]6(CCO6)C5)nc(OCC5(CN6CCC(C)C6)CC5)nc4c3F)c12.